The Morgan fingerprint density at radius 3 is 2.53 bits per heavy atom. The van der Waals surface area contributed by atoms with Crippen molar-refractivity contribution in [3.63, 3.8) is 0 Å². The summed E-state index contributed by atoms with van der Waals surface area (Å²) in [6.07, 6.45) is 0.903. The predicted octanol–water partition coefficient (Wildman–Crippen LogP) is 3.95. The maximum Gasteiger partial charge on any atom is 0.123 e. The monoisotopic (exact) mass is 229 g/mol. The van der Waals surface area contributed by atoms with E-state index in [9.17, 15) is 4.39 Å². The van der Waals surface area contributed by atoms with E-state index in [-0.39, 0.29) is 5.82 Å². The van der Waals surface area contributed by atoms with Crippen molar-refractivity contribution in [1.29, 1.82) is 0 Å². The number of rotatable bonds is 2. The maximum atomic E-state index is 13.1. The summed E-state index contributed by atoms with van der Waals surface area (Å²) in [7, 11) is 0. The Kier molecular flexibility index (Phi) is 3.14. The minimum Gasteiger partial charge on any atom is -0.399 e. The predicted molar refractivity (Wildman–Crippen MR) is 70.4 cm³/mol. The van der Waals surface area contributed by atoms with Crippen molar-refractivity contribution in [3.8, 4) is 11.1 Å². The summed E-state index contributed by atoms with van der Waals surface area (Å²) in [5, 5.41) is 0. The Hall–Kier alpha value is -1.83. The topological polar surface area (TPSA) is 26.0 Å². The molecular weight excluding hydrogens is 213 g/mol. The van der Waals surface area contributed by atoms with Crippen molar-refractivity contribution in [2.24, 2.45) is 0 Å². The number of anilines is 1. The molecule has 0 atom stereocenters. The number of hydrogen-bond acceptors (Lipinski definition) is 1. The zero-order valence-electron chi connectivity index (χ0n) is 10.1. The van der Waals surface area contributed by atoms with Gasteiger partial charge >= 0.3 is 0 Å². The summed E-state index contributed by atoms with van der Waals surface area (Å²) < 4.78 is 13.1. The van der Waals surface area contributed by atoms with E-state index in [1.165, 1.54) is 6.07 Å². The fourth-order valence-electron chi connectivity index (χ4n) is 2.03. The highest BCUT2D eigenvalue weighted by atomic mass is 19.1. The van der Waals surface area contributed by atoms with E-state index in [0.717, 1.165) is 34.4 Å². The fraction of sp³-hybridized carbons (Fsp3) is 0.200. The lowest BCUT2D eigenvalue weighted by molar-refractivity contribution is 0.627. The molecule has 0 aliphatic carbocycles. The first-order valence-electron chi connectivity index (χ1n) is 5.76. The highest BCUT2D eigenvalue weighted by Crippen LogP contribution is 2.27. The van der Waals surface area contributed by atoms with Crippen LogP contribution in [-0.2, 0) is 6.42 Å². The maximum absolute atomic E-state index is 13.1. The Morgan fingerprint density at radius 1 is 1.12 bits per heavy atom. The largest absolute Gasteiger partial charge is 0.399 e. The van der Waals surface area contributed by atoms with Crippen LogP contribution in [0.15, 0.2) is 36.4 Å². The first-order chi connectivity index (χ1) is 8.11. The van der Waals surface area contributed by atoms with Crippen molar-refractivity contribution in [1.82, 2.24) is 0 Å². The molecule has 0 unspecified atom stereocenters. The SMILES string of the molecule is CCc1cc(-c2ccc(F)cc2C)ccc1N. The van der Waals surface area contributed by atoms with E-state index >= 15 is 0 Å². The highest BCUT2D eigenvalue weighted by molar-refractivity contribution is 5.70. The third kappa shape index (κ3) is 2.31. The molecular formula is C15H16FN. The number of aryl methyl sites for hydroxylation is 2. The molecule has 2 aromatic carbocycles. The van der Waals surface area contributed by atoms with Gasteiger partial charge in [0.1, 0.15) is 5.82 Å². The molecule has 0 aromatic heterocycles. The summed E-state index contributed by atoms with van der Waals surface area (Å²) >= 11 is 0. The van der Waals surface area contributed by atoms with Gasteiger partial charge in [0.15, 0.2) is 0 Å². The molecule has 2 rings (SSSR count). The van der Waals surface area contributed by atoms with Gasteiger partial charge in [-0.1, -0.05) is 19.1 Å². The summed E-state index contributed by atoms with van der Waals surface area (Å²) in [5.74, 6) is -0.197. The molecule has 2 N–H and O–H groups in total. The first-order valence-corrected chi connectivity index (χ1v) is 5.76. The van der Waals surface area contributed by atoms with Gasteiger partial charge in [-0.2, -0.15) is 0 Å². The second-order valence-corrected chi connectivity index (χ2v) is 4.23. The van der Waals surface area contributed by atoms with Crippen LogP contribution in [-0.4, -0.2) is 0 Å². The van der Waals surface area contributed by atoms with E-state index in [2.05, 4.69) is 13.0 Å². The lowest BCUT2D eigenvalue weighted by atomic mass is 9.97. The summed E-state index contributed by atoms with van der Waals surface area (Å²) in [6, 6.07) is 10.8. The molecule has 2 heteroatoms. The van der Waals surface area contributed by atoms with Gasteiger partial charge in [-0.15, -0.1) is 0 Å². The third-order valence-electron chi connectivity index (χ3n) is 3.02. The van der Waals surface area contributed by atoms with Crippen LogP contribution in [0, 0.1) is 12.7 Å². The number of halogens is 1. The fourth-order valence-corrected chi connectivity index (χ4v) is 2.03. The van der Waals surface area contributed by atoms with Crippen LogP contribution >= 0.6 is 0 Å². The molecule has 0 amide bonds. The van der Waals surface area contributed by atoms with Gasteiger partial charge in [-0.3, -0.25) is 0 Å². The number of nitrogens with two attached hydrogens (primary N) is 1. The van der Waals surface area contributed by atoms with Crippen LogP contribution in [0.25, 0.3) is 11.1 Å². The van der Waals surface area contributed by atoms with Crippen LogP contribution in [0.3, 0.4) is 0 Å². The van der Waals surface area contributed by atoms with E-state index in [1.54, 1.807) is 6.07 Å². The molecule has 0 spiro atoms. The number of benzene rings is 2. The second-order valence-electron chi connectivity index (χ2n) is 4.23. The van der Waals surface area contributed by atoms with Gasteiger partial charge < -0.3 is 5.73 Å². The Balaban J connectivity index is 2.53. The Bertz CT molecular complexity index is 547. The molecule has 0 bridgehead atoms. The third-order valence-corrected chi connectivity index (χ3v) is 3.02. The van der Waals surface area contributed by atoms with Crippen LogP contribution in [0.5, 0.6) is 0 Å². The molecule has 0 heterocycles. The number of hydrogen-bond donors (Lipinski definition) is 1. The van der Waals surface area contributed by atoms with Crippen molar-refractivity contribution in [2.45, 2.75) is 20.3 Å². The normalized spacial score (nSPS) is 10.5. The minimum atomic E-state index is -0.197. The quantitative estimate of drug-likeness (QED) is 0.775. The lowest BCUT2D eigenvalue weighted by Crippen LogP contribution is -1.94. The first kappa shape index (κ1) is 11.6. The van der Waals surface area contributed by atoms with E-state index in [0.29, 0.717) is 0 Å². The molecule has 17 heavy (non-hydrogen) atoms. The van der Waals surface area contributed by atoms with Crippen LogP contribution in [0.1, 0.15) is 18.1 Å². The molecule has 0 aliphatic rings. The Morgan fingerprint density at radius 2 is 1.88 bits per heavy atom. The van der Waals surface area contributed by atoms with Crippen LogP contribution < -0.4 is 5.73 Å². The Labute approximate surface area is 101 Å². The highest BCUT2D eigenvalue weighted by Gasteiger charge is 2.05. The average molecular weight is 229 g/mol. The average Bonchev–Trinajstić information content (AvgIpc) is 2.30. The van der Waals surface area contributed by atoms with E-state index in [4.69, 9.17) is 5.73 Å². The molecule has 0 radical (unpaired) electrons. The van der Waals surface area contributed by atoms with Gasteiger partial charge in [0.25, 0.3) is 0 Å². The molecule has 2 aromatic rings. The molecule has 0 aliphatic heterocycles. The van der Waals surface area contributed by atoms with Crippen LogP contribution in [0.4, 0.5) is 10.1 Å². The van der Waals surface area contributed by atoms with Gasteiger partial charge in [0, 0.05) is 5.69 Å². The molecule has 88 valence electrons. The van der Waals surface area contributed by atoms with Gasteiger partial charge in [-0.05, 0) is 59.9 Å². The summed E-state index contributed by atoms with van der Waals surface area (Å²) in [4.78, 5) is 0. The van der Waals surface area contributed by atoms with Crippen molar-refractivity contribution in [2.75, 3.05) is 5.73 Å². The zero-order chi connectivity index (χ0) is 12.4. The van der Waals surface area contributed by atoms with Crippen molar-refractivity contribution >= 4 is 5.69 Å². The van der Waals surface area contributed by atoms with Gasteiger partial charge in [0.2, 0.25) is 0 Å². The lowest BCUT2D eigenvalue weighted by Gasteiger charge is -2.09. The van der Waals surface area contributed by atoms with Crippen molar-refractivity contribution < 1.29 is 4.39 Å². The second kappa shape index (κ2) is 4.58. The summed E-state index contributed by atoms with van der Waals surface area (Å²) in [5.41, 5.74) is 10.9. The zero-order valence-corrected chi connectivity index (χ0v) is 10.1. The molecule has 0 saturated carbocycles. The van der Waals surface area contributed by atoms with Crippen LogP contribution in [0.2, 0.25) is 0 Å². The van der Waals surface area contributed by atoms with Gasteiger partial charge in [-0.25, -0.2) is 4.39 Å². The summed E-state index contributed by atoms with van der Waals surface area (Å²) in [6.45, 7) is 3.99. The molecule has 1 nitrogen and oxygen atoms in total. The van der Waals surface area contributed by atoms with Gasteiger partial charge in [0.05, 0.1) is 0 Å². The molecule has 0 saturated heterocycles. The van der Waals surface area contributed by atoms with E-state index < -0.39 is 0 Å². The standard InChI is InChI=1S/C15H16FN/c1-3-11-9-12(4-7-15(11)17)14-6-5-13(16)8-10(14)2/h4-9H,3,17H2,1-2H3. The van der Waals surface area contributed by atoms with E-state index in [1.807, 2.05) is 25.1 Å². The molecule has 0 fully saturated rings. The minimum absolute atomic E-state index is 0.197. The van der Waals surface area contributed by atoms with Crippen molar-refractivity contribution in [3.05, 3.63) is 53.3 Å². The smallest absolute Gasteiger partial charge is 0.123 e. The number of nitrogen functional groups attached to an aromatic ring is 1.